The molecule has 0 fully saturated rings. The molecule has 1 aromatic heterocycles. The molecule has 0 aliphatic rings. The quantitative estimate of drug-likeness (QED) is 0.752. The first-order chi connectivity index (χ1) is 5.95. The van der Waals surface area contributed by atoms with E-state index in [-0.39, 0.29) is 5.54 Å². The van der Waals surface area contributed by atoms with Crippen LogP contribution in [0.4, 0.5) is 0 Å². The summed E-state index contributed by atoms with van der Waals surface area (Å²) in [4.78, 5) is 4.16. The zero-order chi connectivity index (χ0) is 10.1. The van der Waals surface area contributed by atoms with Gasteiger partial charge in [-0.05, 0) is 32.4 Å². The smallest absolute Gasteiger partial charge is 0.215 e. The molecule has 0 saturated carbocycles. The minimum absolute atomic E-state index is 0.343. The van der Waals surface area contributed by atoms with E-state index in [1.165, 1.54) is 0 Å². The number of methoxy groups -OCH3 is 1. The molecule has 1 rings (SSSR count). The monoisotopic (exact) mass is 180 g/mol. The second-order valence-electron chi connectivity index (χ2n) is 3.77. The average Bonchev–Trinajstić information content (AvgIpc) is 2.02. The van der Waals surface area contributed by atoms with Gasteiger partial charge in [0, 0.05) is 17.3 Å². The molecule has 72 valence electrons. The van der Waals surface area contributed by atoms with Crippen molar-refractivity contribution in [1.82, 2.24) is 4.98 Å². The third-order valence-corrected chi connectivity index (χ3v) is 1.97. The van der Waals surface area contributed by atoms with Crippen LogP contribution in [0.15, 0.2) is 12.3 Å². The third-order valence-electron chi connectivity index (χ3n) is 1.97. The maximum Gasteiger partial charge on any atom is 0.215 e. The number of pyridine rings is 1. The predicted octanol–water partition coefficient (Wildman–Crippen LogP) is 1.59. The van der Waals surface area contributed by atoms with Crippen LogP contribution in [0, 0.1) is 6.92 Å². The Balaban J connectivity index is 3.10. The minimum Gasteiger partial charge on any atom is -0.481 e. The summed E-state index contributed by atoms with van der Waals surface area (Å²) in [6.45, 7) is 5.87. The largest absolute Gasteiger partial charge is 0.481 e. The minimum atomic E-state index is -0.343. The van der Waals surface area contributed by atoms with Crippen LogP contribution in [0.5, 0.6) is 5.88 Å². The highest BCUT2D eigenvalue weighted by Crippen LogP contribution is 2.21. The Kier molecular flexibility index (Phi) is 2.57. The van der Waals surface area contributed by atoms with E-state index in [1.54, 1.807) is 13.3 Å². The van der Waals surface area contributed by atoms with Gasteiger partial charge in [0.1, 0.15) is 0 Å². The van der Waals surface area contributed by atoms with Crippen molar-refractivity contribution in [2.45, 2.75) is 26.3 Å². The van der Waals surface area contributed by atoms with Gasteiger partial charge in [0.15, 0.2) is 0 Å². The molecular weight excluding hydrogens is 164 g/mol. The Morgan fingerprint density at radius 1 is 1.46 bits per heavy atom. The molecule has 0 atom stereocenters. The average molecular weight is 180 g/mol. The summed E-state index contributed by atoms with van der Waals surface area (Å²) in [5.41, 5.74) is 7.62. The second kappa shape index (κ2) is 3.34. The van der Waals surface area contributed by atoms with Crippen molar-refractivity contribution < 1.29 is 4.74 Å². The van der Waals surface area contributed by atoms with Crippen LogP contribution in [0.2, 0.25) is 0 Å². The van der Waals surface area contributed by atoms with Gasteiger partial charge in [-0.1, -0.05) is 0 Å². The lowest BCUT2D eigenvalue weighted by atomic mass is 9.96. The maximum absolute atomic E-state index is 5.94. The van der Waals surface area contributed by atoms with E-state index in [4.69, 9.17) is 10.5 Å². The number of ether oxygens (including phenoxy) is 1. The van der Waals surface area contributed by atoms with Crippen LogP contribution in [0.3, 0.4) is 0 Å². The normalized spacial score (nSPS) is 11.5. The van der Waals surface area contributed by atoms with Crippen molar-refractivity contribution >= 4 is 0 Å². The summed E-state index contributed by atoms with van der Waals surface area (Å²) in [6, 6.07) is 2.01. The molecule has 0 aromatic carbocycles. The molecule has 0 aliphatic heterocycles. The number of aryl methyl sites for hydroxylation is 1. The number of hydrogen-bond acceptors (Lipinski definition) is 3. The molecular formula is C10H16N2O. The van der Waals surface area contributed by atoms with Crippen molar-refractivity contribution in [3.05, 3.63) is 23.4 Å². The van der Waals surface area contributed by atoms with Crippen LogP contribution in [0.1, 0.15) is 25.0 Å². The molecule has 2 N–H and O–H groups in total. The standard InChI is InChI=1S/C10H16N2O/c1-7-5-8(10(2,3)11)6-12-9(7)13-4/h5-6H,11H2,1-4H3. The molecule has 0 aliphatic carbocycles. The Hall–Kier alpha value is -1.09. The van der Waals surface area contributed by atoms with Crippen LogP contribution in [-0.2, 0) is 5.54 Å². The fourth-order valence-corrected chi connectivity index (χ4v) is 1.13. The van der Waals surface area contributed by atoms with Gasteiger partial charge in [0.2, 0.25) is 5.88 Å². The second-order valence-corrected chi connectivity index (χ2v) is 3.77. The van der Waals surface area contributed by atoms with E-state index >= 15 is 0 Å². The van der Waals surface area contributed by atoms with E-state index in [9.17, 15) is 0 Å². The van der Waals surface area contributed by atoms with E-state index in [0.29, 0.717) is 5.88 Å². The van der Waals surface area contributed by atoms with Crippen LogP contribution in [0.25, 0.3) is 0 Å². The molecule has 0 amide bonds. The van der Waals surface area contributed by atoms with Crippen LogP contribution >= 0.6 is 0 Å². The fourth-order valence-electron chi connectivity index (χ4n) is 1.13. The van der Waals surface area contributed by atoms with E-state index in [2.05, 4.69) is 4.98 Å². The summed E-state index contributed by atoms with van der Waals surface area (Å²) in [6.07, 6.45) is 1.76. The zero-order valence-electron chi connectivity index (χ0n) is 8.59. The first-order valence-electron chi connectivity index (χ1n) is 4.25. The van der Waals surface area contributed by atoms with E-state index < -0.39 is 0 Å². The summed E-state index contributed by atoms with van der Waals surface area (Å²) < 4.78 is 5.06. The van der Waals surface area contributed by atoms with Gasteiger partial charge in [0.25, 0.3) is 0 Å². The molecule has 3 nitrogen and oxygen atoms in total. The molecule has 0 radical (unpaired) electrons. The van der Waals surface area contributed by atoms with E-state index in [0.717, 1.165) is 11.1 Å². The SMILES string of the molecule is COc1ncc(C(C)(C)N)cc1C. The van der Waals surface area contributed by atoms with Gasteiger partial charge in [-0.15, -0.1) is 0 Å². The molecule has 0 bridgehead atoms. The number of hydrogen-bond donors (Lipinski definition) is 1. The first-order valence-corrected chi connectivity index (χ1v) is 4.25. The van der Waals surface area contributed by atoms with Crippen LogP contribution in [-0.4, -0.2) is 12.1 Å². The number of rotatable bonds is 2. The zero-order valence-corrected chi connectivity index (χ0v) is 8.59. The van der Waals surface area contributed by atoms with Gasteiger partial charge in [-0.25, -0.2) is 4.98 Å². The lowest BCUT2D eigenvalue weighted by Crippen LogP contribution is -2.28. The van der Waals surface area contributed by atoms with Gasteiger partial charge < -0.3 is 10.5 Å². The molecule has 0 spiro atoms. The van der Waals surface area contributed by atoms with Gasteiger partial charge in [-0.2, -0.15) is 0 Å². The number of nitrogens with zero attached hydrogens (tertiary/aromatic N) is 1. The molecule has 1 aromatic rings. The van der Waals surface area contributed by atoms with Gasteiger partial charge in [0.05, 0.1) is 7.11 Å². The first kappa shape index (κ1) is 9.99. The Labute approximate surface area is 78.9 Å². The topological polar surface area (TPSA) is 48.1 Å². The maximum atomic E-state index is 5.94. The molecule has 1 heterocycles. The highest BCUT2D eigenvalue weighted by atomic mass is 16.5. The summed E-state index contributed by atoms with van der Waals surface area (Å²) in [7, 11) is 1.61. The summed E-state index contributed by atoms with van der Waals surface area (Å²) >= 11 is 0. The number of nitrogens with two attached hydrogens (primary N) is 1. The van der Waals surface area contributed by atoms with Crippen molar-refractivity contribution in [1.29, 1.82) is 0 Å². The lowest BCUT2D eigenvalue weighted by molar-refractivity contribution is 0.393. The van der Waals surface area contributed by atoms with E-state index in [1.807, 2.05) is 26.8 Å². The summed E-state index contributed by atoms with van der Waals surface area (Å²) in [5.74, 6) is 0.660. The van der Waals surface area contributed by atoms with Gasteiger partial charge >= 0.3 is 0 Å². The molecule has 13 heavy (non-hydrogen) atoms. The predicted molar refractivity (Wildman–Crippen MR) is 52.7 cm³/mol. The van der Waals surface area contributed by atoms with Crippen molar-refractivity contribution in [3.63, 3.8) is 0 Å². The highest BCUT2D eigenvalue weighted by Gasteiger charge is 2.15. The molecule has 0 saturated heterocycles. The fraction of sp³-hybridized carbons (Fsp3) is 0.500. The Morgan fingerprint density at radius 3 is 2.46 bits per heavy atom. The van der Waals surface area contributed by atoms with Crippen molar-refractivity contribution in [2.24, 2.45) is 5.73 Å². The lowest BCUT2D eigenvalue weighted by Gasteiger charge is -2.19. The highest BCUT2D eigenvalue weighted by molar-refractivity contribution is 5.31. The Morgan fingerprint density at radius 2 is 2.08 bits per heavy atom. The van der Waals surface area contributed by atoms with Crippen molar-refractivity contribution in [3.8, 4) is 5.88 Å². The molecule has 3 heteroatoms. The summed E-state index contributed by atoms with van der Waals surface area (Å²) in [5, 5.41) is 0. The molecule has 0 unspecified atom stereocenters. The van der Waals surface area contributed by atoms with Crippen LogP contribution < -0.4 is 10.5 Å². The Bertz CT molecular complexity index is 302. The third kappa shape index (κ3) is 2.18. The van der Waals surface area contributed by atoms with Crippen molar-refractivity contribution in [2.75, 3.05) is 7.11 Å². The number of aromatic nitrogens is 1. The van der Waals surface area contributed by atoms with Gasteiger partial charge in [-0.3, -0.25) is 0 Å².